The van der Waals surface area contributed by atoms with Gasteiger partial charge in [-0.2, -0.15) is 0 Å². The highest BCUT2D eigenvalue weighted by molar-refractivity contribution is 7.07. The van der Waals surface area contributed by atoms with Gasteiger partial charge in [0.25, 0.3) is 11.2 Å². The molecule has 0 radical (unpaired) electrons. The van der Waals surface area contributed by atoms with Crippen LogP contribution >= 0.6 is 11.3 Å². The molecule has 6 rings (SSSR count). The molecule has 1 atom stereocenters. The van der Waals surface area contributed by atoms with Crippen LogP contribution < -0.4 is 19.6 Å². The van der Waals surface area contributed by atoms with Crippen LogP contribution in [-0.2, 0) is 16.1 Å². The fourth-order valence-electron chi connectivity index (χ4n) is 5.60. The predicted octanol–water partition coefficient (Wildman–Crippen LogP) is 5.11. The maximum absolute atomic E-state index is 14.1. The predicted molar refractivity (Wildman–Crippen MR) is 172 cm³/mol. The van der Waals surface area contributed by atoms with Gasteiger partial charge < -0.3 is 14.0 Å². The van der Waals surface area contributed by atoms with Crippen molar-refractivity contribution in [2.45, 2.75) is 33.4 Å². The van der Waals surface area contributed by atoms with E-state index in [0.717, 1.165) is 27.6 Å². The van der Waals surface area contributed by atoms with Crippen LogP contribution in [-0.4, -0.2) is 33.2 Å². The lowest BCUT2D eigenvalue weighted by Gasteiger charge is -2.24. The van der Waals surface area contributed by atoms with E-state index in [1.165, 1.54) is 23.5 Å². The van der Waals surface area contributed by atoms with E-state index in [1.807, 2.05) is 67.7 Å². The third-order valence-corrected chi connectivity index (χ3v) is 8.61. The first-order chi connectivity index (χ1) is 21.8. The molecular formula is C34H30N4O6S. The van der Waals surface area contributed by atoms with E-state index >= 15 is 0 Å². The molecule has 0 bridgehead atoms. The molecule has 0 saturated heterocycles. The molecule has 3 heterocycles. The second kappa shape index (κ2) is 12.4. The van der Waals surface area contributed by atoms with Crippen molar-refractivity contribution in [3.63, 3.8) is 0 Å². The Morgan fingerprint density at radius 3 is 2.47 bits per heavy atom. The van der Waals surface area contributed by atoms with E-state index in [0.29, 0.717) is 39.5 Å². The molecule has 3 aromatic carbocycles. The summed E-state index contributed by atoms with van der Waals surface area (Å²) in [5.41, 5.74) is 4.04. The van der Waals surface area contributed by atoms with E-state index in [4.69, 9.17) is 9.47 Å². The summed E-state index contributed by atoms with van der Waals surface area (Å²) < 4.78 is 15.1. The van der Waals surface area contributed by atoms with E-state index in [2.05, 4.69) is 9.56 Å². The molecule has 45 heavy (non-hydrogen) atoms. The second-order valence-corrected chi connectivity index (χ2v) is 11.5. The molecule has 5 aromatic rings. The zero-order valence-corrected chi connectivity index (χ0v) is 25.7. The summed E-state index contributed by atoms with van der Waals surface area (Å²) in [4.78, 5) is 43.2. The number of allylic oxidation sites excluding steroid dienone is 1. The smallest absolute Gasteiger partial charge is 0.338 e. The van der Waals surface area contributed by atoms with Crippen molar-refractivity contribution in [3.05, 3.63) is 137 Å². The summed E-state index contributed by atoms with van der Waals surface area (Å²) >= 11 is 1.27. The van der Waals surface area contributed by atoms with Crippen molar-refractivity contribution >= 4 is 40.0 Å². The number of carbonyl (C=O) groups excluding carboxylic acids is 1. The number of aromatic nitrogens is 2. The van der Waals surface area contributed by atoms with E-state index in [1.54, 1.807) is 30.5 Å². The Bertz CT molecular complexity index is 2140. The van der Waals surface area contributed by atoms with Gasteiger partial charge in [-0.25, -0.2) is 9.79 Å². The van der Waals surface area contributed by atoms with Crippen molar-refractivity contribution < 1.29 is 19.2 Å². The highest BCUT2D eigenvalue weighted by Crippen LogP contribution is 2.32. The average molecular weight is 623 g/mol. The molecule has 0 aliphatic carbocycles. The maximum atomic E-state index is 14.1. The Balaban J connectivity index is 1.46. The number of hydrogen-bond acceptors (Lipinski definition) is 8. The monoisotopic (exact) mass is 622 g/mol. The van der Waals surface area contributed by atoms with Gasteiger partial charge in [-0.3, -0.25) is 19.5 Å². The molecule has 11 heteroatoms. The van der Waals surface area contributed by atoms with Crippen LogP contribution in [0.4, 0.5) is 5.69 Å². The third kappa shape index (κ3) is 5.69. The van der Waals surface area contributed by atoms with Crippen molar-refractivity contribution in [2.75, 3.05) is 13.2 Å². The zero-order valence-electron chi connectivity index (χ0n) is 24.9. The average Bonchev–Trinajstić information content (AvgIpc) is 3.53. The van der Waals surface area contributed by atoms with Crippen LogP contribution in [0.1, 0.15) is 43.5 Å². The van der Waals surface area contributed by atoms with Crippen LogP contribution in [0.3, 0.4) is 0 Å². The molecule has 0 unspecified atom stereocenters. The molecule has 0 saturated carbocycles. The Kier molecular flexibility index (Phi) is 8.18. The van der Waals surface area contributed by atoms with Crippen molar-refractivity contribution in [1.29, 1.82) is 0 Å². The van der Waals surface area contributed by atoms with Gasteiger partial charge in [0, 0.05) is 41.3 Å². The highest BCUT2D eigenvalue weighted by Gasteiger charge is 2.33. The van der Waals surface area contributed by atoms with Gasteiger partial charge in [-0.05, 0) is 56.2 Å². The number of nitro benzene ring substituents is 1. The number of thiazole rings is 1. The minimum Gasteiger partial charge on any atom is -0.494 e. The molecule has 10 nitrogen and oxygen atoms in total. The number of para-hydroxylation sites is 1. The van der Waals surface area contributed by atoms with Crippen LogP contribution in [0, 0.1) is 10.1 Å². The topological polar surface area (TPSA) is 118 Å². The summed E-state index contributed by atoms with van der Waals surface area (Å²) in [7, 11) is 0. The summed E-state index contributed by atoms with van der Waals surface area (Å²) in [5.74, 6) is 0.179. The maximum Gasteiger partial charge on any atom is 0.338 e. The van der Waals surface area contributed by atoms with Crippen molar-refractivity contribution in [1.82, 2.24) is 9.13 Å². The van der Waals surface area contributed by atoms with Gasteiger partial charge >= 0.3 is 5.97 Å². The summed E-state index contributed by atoms with van der Waals surface area (Å²) in [5, 5.41) is 12.0. The number of esters is 1. The van der Waals surface area contributed by atoms with Crippen molar-refractivity contribution in [3.8, 4) is 5.75 Å². The minimum absolute atomic E-state index is 0.0390. The lowest BCUT2D eigenvalue weighted by Crippen LogP contribution is -2.39. The quantitative estimate of drug-likeness (QED) is 0.128. The van der Waals surface area contributed by atoms with Gasteiger partial charge in [0.15, 0.2) is 4.80 Å². The Morgan fingerprint density at radius 2 is 1.78 bits per heavy atom. The van der Waals surface area contributed by atoms with Crippen LogP contribution in [0.15, 0.2) is 100 Å². The van der Waals surface area contributed by atoms with Crippen molar-refractivity contribution in [2.24, 2.45) is 4.99 Å². The summed E-state index contributed by atoms with van der Waals surface area (Å²) in [6.07, 6.45) is 3.83. The Labute approximate surface area is 262 Å². The molecule has 1 aliphatic heterocycles. The second-order valence-electron chi connectivity index (χ2n) is 10.5. The first-order valence-corrected chi connectivity index (χ1v) is 15.3. The number of fused-ring (bicyclic) bond motifs is 2. The van der Waals surface area contributed by atoms with Gasteiger partial charge in [-0.1, -0.05) is 53.8 Å². The number of hydrogen-bond donors (Lipinski definition) is 0. The minimum atomic E-state index is -0.721. The normalized spacial score (nSPS) is 14.7. The summed E-state index contributed by atoms with van der Waals surface area (Å²) in [6, 6.07) is 21.0. The lowest BCUT2D eigenvalue weighted by atomic mass is 9.96. The molecule has 0 fully saturated rings. The highest BCUT2D eigenvalue weighted by atomic mass is 32.1. The van der Waals surface area contributed by atoms with Gasteiger partial charge in [-0.15, -0.1) is 0 Å². The third-order valence-electron chi connectivity index (χ3n) is 7.63. The Morgan fingerprint density at radius 1 is 1.04 bits per heavy atom. The van der Waals surface area contributed by atoms with Gasteiger partial charge in [0.2, 0.25) is 0 Å². The largest absolute Gasteiger partial charge is 0.494 e. The van der Waals surface area contributed by atoms with E-state index in [9.17, 15) is 19.7 Å². The van der Waals surface area contributed by atoms with E-state index < -0.39 is 16.9 Å². The van der Waals surface area contributed by atoms with Crippen LogP contribution in [0.25, 0.3) is 17.0 Å². The molecule has 0 N–H and O–H groups in total. The summed E-state index contributed by atoms with van der Waals surface area (Å²) in [6.45, 7) is 6.62. The number of ether oxygens (including phenoxy) is 2. The first-order valence-electron chi connectivity index (χ1n) is 14.5. The zero-order chi connectivity index (χ0) is 31.7. The van der Waals surface area contributed by atoms with Gasteiger partial charge in [0.1, 0.15) is 5.75 Å². The molecular weight excluding hydrogens is 592 g/mol. The first kappa shape index (κ1) is 29.8. The number of rotatable bonds is 9. The molecule has 0 spiro atoms. The number of carbonyl (C=O) groups is 1. The fraction of sp³-hybridized carbons (Fsp3) is 0.206. The van der Waals surface area contributed by atoms with Gasteiger partial charge in [0.05, 0.1) is 40.0 Å². The molecule has 2 aromatic heterocycles. The molecule has 228 valence electrons. The standard InChI is InChI=1S/C34H30N4O6S/c1-4-43-26-16-12-23(13-17-26)31-30(33(40)44-5-2)21(3)35-34-37(31)32(39)29(45-34)18-24-20-36(28-9-7-6-8-27(24)28)19-22-10-14-25(15-11-22)38(41)42/h6-18,20,31H,4-5,19H2,1-3H3/b29-18-/t31-/m0/s1. The lowest BCUT2D eigenvalue weighted by molar-refractivity contribution is -0.384. The SMILES string of the molecule is CCOC(=O)C1=C(C)N=c2s/c(=C\c3cn(Cc4ccc([N+](=O)[O-])cc4)c4ccccc34)c(=O)n2[C@H]1c1ccc(OCC)cc1. The molecule has 0 amide bonds. The van der Waals surface area contributed by atoms with Crippen LogP contribution in [0.5, 0.6) is 5.75 Å². The fourth-order valence-corrected chi connectivity index (χ4v) is 6.64. The number of nitrogens with zero attached hydrogens (tertiary/aromatic N) is 4. The molecule has 1 aliphatic rings. The number of non-ortho nitro benzene ring substituents is 1. The number of nitro groups is 1. The van der Waals surface area contributed by atoms with Crippen LogP contribution in [0.2, 0.25) is 0 Å². The van der Waals surface area contributed by atoms with E-state index in [-0.39, 0.29) is 17.9 Å². The Hall–Kier alpha value is -5.29. The number of benzene rings is 3.